The van der Waals surface area contributed by atoms with E-state index in [-0.39, 0.29) is 38.1 Å². The molecule has 186 valence electrons. The van der Waals surface area contributed by atoms with Gasteiger partial charge in [0.1, 0.15) is 12.6 Å². The van der Waals surface area contributed by atoms with Crippen LogP contribution < -0.4 is 10.6 Å². The largest absolute Gasteiger partial charge is 0.481 e. The molecule has 1 aliphatic carbocycles. The average Bonchev–Trinajstić information content (AvgIpc) is 3.19. The van der Waals surface area contributed by atoms with Gasteiger partial charge in [0.15, 0.2) is 0 Å². The highest BCUT2D eigenvalue weighted by Crippen LogP contribution is 2.44. The van der Waals surface area contributed by atoms with Gasteiger partial charge in [-0.05, 0) is 35.1 Å². The molecule has 0 radical (unpaired) electrons. The van der Waals surface area contributed by atoms with Gasteiger partial charge in [0.05, 0.1) is 18.8 Å². The molecule has 0 bridgehead atoms. The number of carboxylic acids is 1. The molecule has 3 N–H and O–H groups in total. The van der Waals surface area contributed by atoms with Gasteiger partial charge in [-0.1, -0.05) is 48.5 Å². The summed E-state index contributed by atoms with van der Waals surface area (Å²) in [6, 6.07) is 14.5. The minimum absolute atomic E-state index is 0.0728. The molecule has 35 heavy (non-hydrogen) atoms. The first kappa shape index (κ1) is 24.7. The van der Waals surface area contributed by atoms with Crippen molar-refractivity contribution >= 4 is 18.0 Å². The van der Waals surface area contributed by atoms with Crippen LogP contribution in [-0.2, 0) is 23.8 Å². The molecule has 9 heteroatoms. The van der Waals surface area contributed by atoms with Gasteiger partial charge in [0, 0.05) is 26.1 Å². The molecule has 1 fully saturated rings. The molecule has 1 unspecified atom stereocenters. The first-order chi connectivity index (χ1) is 17.0. The monoisotopic (exact) mass is 482 g/mol. The van der Waals surface area contributed by atoms with E-state index in [0.29, 0.717) is 13.0 Å². The fourth-order valence-electron chi connectivity index (χ4n) is 4.74. The number of ether oxygens (including phenoxy) is 3. The van der Waals surface area contributed by atoms with E-state index in [9.17, 15) is 14.4 Å². The SMILES string of the molecule is CO[C@@H]1CCOC[C@H]1NC(=O)C(CCC(=O)O)NC(=O)OCC1c2ccccc2-c2ccccc21. The van der Waals surface area contributed by atoms with Gasteiger partial charge >= 0.3 is 12.1 Å². The molecule has 0 aromatic heterocycles. The van der Waals surface area contributed by atoms with E-state index in [1.54, 1.807) is 7.11 Å². The number of aliphatic carboxylic acids is 1. The summed E-state index contributed by atoms with van der Waals surface area (Å²) < 4.78 is 16.4. The van der Waals surface area contributed by atoms with Crippen LogP contribution in [-0.4, -0.2) is 68.2 Å². The summed E-state index contributed by atoms with van der Waals surface area (Å²) in [7, 11) is 1.56. The topological polar surface area (TPSA) is 123 Å². The van der Waals surface area contributed by atoms with Crippen LogP contribution in [0.25, 0.3) is 11.1 Å². The minimum Gasteiger partial charge on any atom is -0.481 e. The molecule has 2 aromatic rings. The Balaban J connectivity index is 1.40. The lowest BCUT2D eigenvalue weighted by molar-refractivity contribution is -0.137. The van der Waals surface area contributed by atoms with Crippen molar-refractivity contribution in [3.8, 4) is 11.1 Å². The van der Waals surface area contributed by atoms with E-state index >= 15 is 0 Å². The van der Waals surface area contributed by atoms with Gasteiger partial charge in [-0.25, -0.2) is 4.79 Å². The van der Waals surface area contributed by atoms with Crippen LogP contribution in [0.5, 0.6) is 0 Å². The molecule has 9 nitrogen and oxygen atoms in total. The summed E-state index contributed by atoms with van der Waals surface area (Å²) in [5.74, 6) is -1.69. The molecule has 3 atom stereocenters. The Kier molecular flexibility index (Phi) is 7.99. The highest BCUT2D eigenvalue weighted by Gasteiger charge is 2.32. The predicted octanol–water partition coefficient (Wildman–Crippen LogP) is 2.68. The number of nitrogens with one attached hydrogen (secondary N) is 2. The lowest BCUT2D eigenvalue weighted by Crippen LogP contribution is -2.56. The lowest BCUT2D eigenvalue weighted by Gasteiger charge is -2.32. The maximum Gasteiger partial charge on any atom is 0.407 e. The first-order valence-corrected chi connectivity index (χ1v) is 11.7. The van der Waals surface area contributed by atoms with E-state index in [1.165, 1.54) is 0 Å². The standard InChI is InChI=1S/C26H30N2O7/c1-33-23-12-13-34-15-22(23)27-25(31)21(10-11-24(29)30)28-26(32)35-14-20-18-8-4-2-6-16(18)17-7-3-5-9-19(17)20/h2-9,20-23H,10-15H2,1H3,(H,27,31)(H,28,32)(H,29,30)/t21?,22-,23-/m1/s1. The molecular weight excluding hydrogens is 452 g/mol. The van der Waals surface area contributed by atoms with Crippen molar-refractivity contribution in [3.05, 3.63) is 59.7 Å². The number of methoxy groups -OCH3 is 1. The molecule has 1 saturated heterocycles. The summed E-state index contributed by atoms with van der Waals surface area (Å²) in [5, 5.41) is 14.5. The van der Waals surface area contributed by atoms with Crippen molar-refractivity contribution in [3.63, 3.8) is 0 Å². The molecule has 4 rings (SSSR count). The van der Waals surface area contributed by atoms with Crippen LogP contribution in [0, 0.1) is 0 Å². The Hall–Kier alpha value is -3.43. The van der Waals surface area contributed by atoms with Crippen molar-refractivity contribution in [2.24, 2.45) is 0 Å². The van der Waals surface area contributed by atoms with E-state index < -0.39 is 30.1 Å². The zero-order valence-corrected chi connectivity index (χ0v) is 19.6. The van der Waals surface area contributed by atoms with E-state index in [2.05, 4.69) is 10.6 Å². The number of amides is 2. The van der Waals surface area contributed by atoms with Gasteiger partial charge in [0.2, 0.25) is 5.91 Å². The van der Waals surface area contributed by atoms with Crippen LogP contribution in [0.1, 0.15) is 36.3 Å². The number of hydrogen-bond acceptors (Lipinski definition) is 6. The normalized spacial score (nSPS) is 19.8. The second-order valence-corrected chi connectivity index (χ2v) is 8.71. The Morgan fingerprint density at radius 1 is 1.09 bits per heavy atom. The van der Waals surface area contributed by atoms with Crippen molar-refractivity contribution < 1.29 is 33.7 Å². The highest BCUT2D eigenvalue weighted by molar-refractivity contribution is 5.86. The van der Waals surface area contributed by atoms with Crippen LogP contribution in [0.15, 0.2) is 48.5 Å². The quantitative estimate of drug-likeness (QED) is 0.502. The second-order valence-electron chi connectivity index (χ2n) is 8.71. The molecule has 2 aromatic carbocycles. The zero-order valence-electron chi connectivity index (χ0n) is 19.6. The van der Waals surface area contributed by atoms with Crippen LogP contribution in [0.3, 0.4) is 0 Å². The first-order valence-electron chi connectivity index (χ1n) is 11.7. The fraction of sp³-hybridized carbons (Fsp3) is 0.423. The maximum atomic E-state index is 12.9. The van der Waals surface area contributed by atoms with Crippen molar-refractivity contribution in [1.82, 2.24) is 10.6 Å². The van der Waals surface area contributed by atoms with Gasteiger partial charge in [0.25, 0.3) is 0 Å². The van der Waals surface area contributed by atoms with Crippen molar-refractivity contribution in [1.29, 1.82) is 0 Å². The molecular formula is C26H30N2O7. The van der Waals surface area contributed by atoms with Crippen LogP contribution >= 0.6 is 0 Å². The Labute approximate surface area is 203 Å². The van der Waals surface area contributed by atoms with Gasteiger partial charge in [-0.2, -0.15) is 0 Å². The molecule has 1 aliphatic heterocycles. The molecule has 0 spiro atoms. The summed E-state index contributed by atoms with van der Waals surface area (Å²) in [4.78, 5) is 36.7. The maximum absolute atomic E-state index is 12.9. The average molecular weight is 483 g/mol. The summed E-state index contributed by atoms with van der Waals surface area (Å²) >= 11 is 0. The number of hydrogen-bond donors (Lipinski definition) is 3. The Bertz CT molecular complexity index is 1030. The number of alkyl carbamates (subject to hydrolysis) is 1. The third kappa shape index (κ3) is 5.80. The van der Waals surface area contributed by atoms with Gasteiger partial charge in [-0.3, -0.25) is 9.59 Å². The summed E-state index contributed by atoms with van der Waals surface area (Å²) in [6.45, 7) is 0.904. The number of rotatable bonds is 9. The van der Waals surface area contributed by atoms with Crippen molar-refractivity contribution in [2.75, 3.05) is 26.9 Å². The third-order valence-electron chi connectivity index (χ3n) is 6.52. The van der Waals surface area contributed by atoms with E-state index in [0.717, 1.165) is 22.3 Å². The number of carbonyl (C=O) groups excluding carboxylic acids is 2. The van der Waals surface area contributed by atoms with Gasteiger partial charge < -0.3 is 30.0 Å². The number of carboxylic acid groups (broad SMARTS) is 1. The number of carbonyl (C=O) groups is 3. The van der Waals surface area contributed by atoms with Crippen molar-refractivity contribution in [2.45, 2.75) is 43.4 Å². The third-order valence-corrected chi connectivity index (χ3v) is 6.52. The molecule has 0 saturated carbocycles. The lowest BCUT2D eigenvalue weighted by atomic mass is 9.98. The molecule has 1 heterocycles. The zero-order chi connectivity index (χ0) is 24.8. The second kappa shape index (κ2) is 11.3. The summed E-state index contributed by atoms with van der Waals surface area (Å²) in [6.07, 6.45) is -0.725. The Morgan fingerprint density at radius 3 is 2.37 bits per heavy atom. The highest BCUT2D eigenvalue weighted by atomic mass is 16.5. The summed E-state index contributed by atoms with van der Waals surface area (Å²) in [5.41, 5.74) is 4.37. The van der Waals surface area contributed by atoms with Crippen LogP contribution in [0.4, 0.5) is 4.79 Å². The molecule has 2 aliphatic rings. The van der Waals surface area contributed by atoms with E-state index in [1.807, 2.05) is 48.5 Å². The Morgan fingerprint density at radius 2 is 1.74 bits per heavy atom. The smallest absolute Gasteiger partial charge is 0.407 e. The van der Waals surface area contributed by atoms with Gasteiger partial charge in [-0.15, -0.1) is 0 Å². The number of fused-ring (bicyclic) bond motifs is 3. The fourth-order valence-corrected chi connectivity index (χ4v) is 4.74. The molecule has 2 amide bonds. The predicted molar refractivity (Wildman–Crippen MR) is 127 cm³/mol. The number of benzene rings is 2. The van der Waals surface area contributed by atoms with E-state index in [4.69, 9.17) is 19.3 Å². The van der Waals surface area contributed by atoms with Crippen LogP contribution in [0.2, 0.25) is 0 Å². The minimum atomic E-state index is -1.07.